The molecule has 0 fully saturated rings. The molecule has 0 atom stereocenters. The van der Waals surface area contributed by atoms with Gasteiger partial charge in [0.2, 0.25) is 5.91 Å². The Balaban J connectivity index is 2.35. The van der Waals surface area contributed by atoms with Crippen molar-refractivity contribution >= 4 is 11.9 Å². The van der Waals surface area contributed by atoms with Gasteiger partial charge in [0, 0.05) is 19.4 Å². The number of carboxylic acids is 1. The van der Waals surface area contributed by atoms with Crippen LogP contribution in [0.15, 0.2) is 12.1 Å². The third-order valence-electron chi connectivity index (χ3n) is 3.63. The number of amides is 1. The molecule has 22 heavy (non-hydrogen) atoms. The van der Waals surface area contributed by atoms with E-state index in [2.05, 4.69) is 19.2 Å². The van der Waals surface area contributed by atoms with E-state index in [1.54, 1.807) is 7.11 Å². The lowest BCUT2D eigenvalue weighted by molar-refractivity contribution is -0.137. The molecule has 0 saturated carbocycles. The van der Waals surface area contributed by atoms with Crippen molar-refractivity contribution in [2.75, 3.05) is 13.7 Å². The van der Waals surface area contributed by atoms with Crippen LogP contribution in [0, 0.1) is 13.8 Å². The molecule has 1 aromatic rings. The van der Waals surface area contributed by atoms with Gasteiger partial charge in [-0.3, -0.25) is 9.59 Å². The summed E-state index contributed by atoms with van der Waals surface area (Å²) in [6, 6.07) is 4.02. The number of nitrogens with one attached hydrogen (secondary N) is 1. The summed E-state index contributed by atoms with van der Waals surface area (Å²) >= 11 is 0. The maximum absolute atomic E-state index is 11.7. The van der Waals surface area contributed by atoms with Crippen LogP contribution in [-0.4, -0.2) is 30.6 Å². The van der Waals surface area contributed by atoms with E-state index in [1.807, 2.05) is 12.1 Å². The molecular formula is C17H25NO4. The van der Waals surface area contributed by atoms with E-state index >= 15 is 0 Å². The van der Waals surface area contributed by atoms with Crippen LogP contribution in [0.2, 0.25) is 0 Å². The highest BCUT2D eigenvalue weighted by molar-refractivity contribution is 5.75. The lowest BCUT2D eigenvalue weighted by atomic mass is 9.97. The molecule has 1 amide bonds. The van der Waals surface area contributed by atoms with Crippen LogP contribution in [0.3, 0.4) is 0 Å². The van der Waals surface area contributed by atoms with Gasteiger partial charge in [-0.1, -0.05) is 0 Å². The first-order chi connectivity index (χ1) is 10.4. The van der Waals surface area contributed by atoms with E-state index in [1.165, 1.54) is 16.7 Å². The summed E-state index contributed by atoms with van der Waals surface area (Å²) in [6.07, 6.45) is 2.64. The number of methoxy groups -OCH3 is 1. The highest BCUT2D eigenvalue weighted by Gasteiger charge is 2.07. The van der Waals surface area contributed by atoms with Crippen molar-refractivity contribution in [2.24, 2.45) is 0 Å². The molecule has 0 aliphatic carbocycles. The van der Waals surface area contributed by atoms with Crippen molar-refractivity contribution in [3.8, 4) is 5.75 Å². The third-order valence-corrected chi connectivity index (χ3v) is 3.63. The van der Waals surface area contributed by atoms with E-state index in [0.29, 0.717) is 19.4 Å². The van der Waals surface area contributed by atoms with Gasteiger partial charge in [-0.15, -0.1) is 0 Å². The van der Waals surface area contributed by atoms with Crippen LogP contribution in [-0.2, 0) is 16.0 Å². The minimum Gasteiger partial charge on any atom is -0.497 e. The summed E-state index contributed by atoms with van der Waals surface area (Å²) in [5, 5.41) is 11.3. The molecule has 0 unspecified atom stereocenters. The second-order valence-electron chi connectivity index (χ2n) is 5.44. The van der Waals surface area contributed by atoms with E-state index in [4.69, 9.17) is 9.84 Å². The zero-order valence-electron chi connectivity index (χ0n) is 13.6. The van der Waals surface area contributed by atoms with Gasteiger partial charge in [0.05, 0.1) is 7.11 Å². The van der Waals surface area contributed by atoms with Gasteiger partial charge in [-0.05, 0) is 61.9 Å². The van der Waals surface area contributed by atoms with Gasteiger partial charge in [0.25, 0.3) is 0 Å². The predicted octanol–water partition coefficient (Wildman–Crippen LogP) is 2.62. The third kappa shape index (κ3) is 6.16. The average Bonchev–Trinajstić information content (AvgIpc) is 2.46. The van der Waals surface area contributed by atoms with E-state index in [0.717, 1.165) is 18.6 Å². The molecule has 1 rings (SSSR count). The molecule has 0 aliphatic heterocycles. The molecule has 5 nitrogen and oxygen atoms in total. The lowest BCUT2D eigenvalue weighted by Crippen LogP contribution is -2.24. The molecule has 0 aromatic heterocycles. The fourth-order valence-corrected chi connectivity index (χ4v) is 2.45. The highest BCUT2D eigenvalue weighted by Crippen LogP contribution is 2.23. The quantitative estimate of drug-likeness (QED) is 0.688. The molecule has 2 N–H and O–H groups in total. The standard InChI is InChI=1S/C17H25NO4/c1-12-10-14(22-3)11-13(2)15(12)6-4-7-16(19)18-9-5-8-17(20)21/h10-11H,4-9H2,1-3H3,(H,18,19)(H,20,21). The first kappa shape index (κ1) is 18.0. The van der Waals surface area contributed by atoms with Gasteiger partial charge in [0.15, 0.2) is 0 Å². The van der Waals surface area contributed by atoms with Crippen LogP contribution in [0.25, 0.3) is 0 Å². The molecule has 122 valence electrons. The maximum Gasteiger partial charge on any atom is 0.303 e. The number of carboxylic acid groups (broad SMARTS) is 1. The molecule has 0 heterocycles. The smallest absolute Gasteiger partial charge is 0.303 e. The Morgan fingerprint density at radius 1 is 1.14 bits per heavy atom. The van der Waals surface area contributed by atoms with Gasteiger partial charge in [0.1, 0.15) is 5.75 Å². The number of hydrogen-bond acceptors (Lipinski definition) is 3. The fourth-order valence-electron chi connectivity index (χ4n) is 2.45. The number of hydrogen-bond donors (Lipinski definition) is 2. The number of rotatable bonds is 9. The second kappa shape index (κ2) is 9.07. The number of ether oxygens (including phenoxy) is 1. The van der Waals surface area contributed by atoms with Crippen molar-refractivity contribution in [3.05, 3.63) is 28.8 Å². The molecule has 0 radical (unpaired) electrons. The van der Waals surface area contributed by atoms with Crippen molar-refractivity contribution in [1.29, 1.82) is 0 Å². The number of carbonyl (C=O) groups excluding carboxylic acids is 1. The number of carbonyl (C=O) groups is 2. The Kier molecular flexibility index (Phi) is 7.43. The summed E-state index contributed by atoms with van der Waals surface area (Å²) in [5.41, 5.74) is 3.62. The predicted molar refractivity (Wildman–Crippen MR) is 85.3 cm³/mol. The van der Waals surface area contributed by atoms with E-state index in [-0.39, 0.29) is 12.3 Å². The molecule has 0 spiro atoms. The monoisotopic (exact) mass is 307 g/mol. The van der Waals surface area contributed by atoms with Gasteiger partial charge >= 0.3 is 5.97 Å². The lowest BCUT2D eigenvalue weighted by Gasteiger charge is -2.12. The van der Waals surface area contributed by atoms with Gasteiger partial charge < -0.3 is 15.2 Å². The van der Waals surface area contributed by atoms with E-state index in [9.17, 15) is 9.59 Å². The maximum atomic E-state index is 11.7. The summed E-state index contributed by atoms with van der Waals surface area (Å²) < 4.78 is 5.24. The summed E-state index contributed by atoms with van der Waals surface area (Å²) in [6.45, 7) is 4.53. The Labute approximate surface area is 131 Å². The van der Waals surface area contributed by atoms with Crippen LogP contribution < -0.4 is 10.1 Å². The summed E-state index contributed by atoms with van der Waals surface area (Å²) in [4.78, 5) is 22.0. The van der Waals surface area contributed by atoms with Crippen LogP contribution >= 0.6 is 0 Å². The Hall–Kier alpha value is -2.04. The molecule has 0 saturated heterocycles. The first-order valence-corrected chi connectivity index (χ1v) is 7.56. The molecular weight excluding hydrogens is 282 g/mol. The van der Waals surface area contributed by atoms with Crippen LogP contribution in [0.1, 0.15) is 42.4 Å². The van der Waals surface area contributed by atoms with E-state index < -0.39 is 5.97 Å². The van der Waals surface area contributed by atoms with Crippen molar-refractivity contribution in [2.45, 2.75) is 46.0 Å². The van der Waals surface area contributed by atoms with Gasteiger partial charge in [-0.25, -0.2) is 0 Å². The topological polar surface area (TPSA) is 75.6 Å². The minimum absolute atomic E-state index is 0.0193. The summed E-state index contributed by atoms with van der Waals surface area (Å²) in [7, 11) is 1.66. The number of aryl methyl sites for hydroxylation is 2. The second-order valence-corrected chi connectivity index (χ2v) is 5.44. The number of aliphatic carboxylic acids is 1. The van der Waals surface area contributed by atoms with Crippen molar-refractivity contribution in [3.63, 3.8) is 0 Å². The van der Waals surface area contributed by atoms with Crippen LogP contribution in [0.5, 0.6) is 5.75 Å². The molecule has 5 heteroatoms. The van der Waals surface area contributed by atoms with Crippen molar-refractivity contribution in [1.82, 2.24) is 5.32 Å². The SMILES string of the molecule is COc1cc(C)c(CCCC(=O)NCCCC(=O)O)c(C)c1. The zero-order chi connectivity index (χ0) is 16.5. The number of benzene rings is 1. The van der Waals surface area contributed by atoms with Gasteiger partial charge in [-0.2, -0.15) is 0 Å². The van der Waals surface area contributed by atoms with Crippen molar-refractivity contribution < 1.29 is 19.4 Å². The summed E-state index contributed by atoms with van der Waals surface area (Å²) in [5.74, 6) is 0.00355. The van der Waals surface area contributed by atoms with Crippen LogP contribution in [0.4, 0.5) is 0 Å². The molecule has 1 aromatic carbocycles. The minimum atomic E-state index is -0.834. The Bertz CT molecular complexity index is 502. The fraction of sp³-hybridized carbons (Fsp3) is 0.529. The molecule has 0 bridgehead atoms. The Morgan fingerprint density at radius 3 is 2.32 bits per heavy atom. The average molecular weight is 307 g/mol. The largest absolute Gasteiger partial charge is 0.497 e. The Morgan fingerprint density at radius 2 is 1.77 bits per heavy atom. The normalized spacial score (nSPS) is 10.3. The first-order valence-electron chi connectivity index (χ1n) is 7.56. The zero-order valence-corrected chi connectivity index (χ0v) is 13.6. The highest BCUT2D eigenvalue weighted by atomic mass is 16.5. The molecule has 0 aliphatic rings.